The molecule has 10 aromatic carbocycles. The number of imidazole rings is 2. The largest absolute Gasteiger partial charge is 2.00 e. The molecule has 0 bridgehead atoms. The predicted molar refractivity (Wildman–Crippen MR) is 418 cm³/mol. The van der Waals surface area contributed by atoms with Gasteiger partial charge in [0.05, 0.1) is 17.2 Å². The summed E-state index contributed by atoms with van der Waals surface area (Å²) in [5.74, 6) is 3.29. The summed E-state index contributed by atoms with van der Waals surface area (Å²) >= 11 is -0.556. The first kappa shape index (κ1) is 77.5. The third kappa shape index (κ3) is 18.7. The second-order valence-corrected chi connectivity index (χ2v) is 44.5. The average Bonchev–Trinajstić information content (AvgIpc) is 1.54. The quantitative estimate of drug-likeness (QED) is 0.0709. The summed E-state index contributed by atoms with van der Waals surface area (Å²) in [7, 11) is 20.0. The van der Waals surface area contributed by atoms with Gasteiger partial charge in [-0.3, -0.25) is 14.5 Å². The molecule has 0 saturated heterocycles. The van der Waals surface area contributed by atoms with E-state index >= 15 is 0 Å². The number of hydrogen-bond acceptors (Lipinski definition) is 6. The second kappa shape index (κ2) is 36.5. The molecule has 0 fully saturated rings. The molecule has 0 aliphatic heterocycles. The molecule has 0 radical (unpaired) electrons. The third-order valence-electron chi connectivity index (χ3n) is 17.1. The maximum absolute atomic E-state index is 5.01. The number of rotatable bonds is 16. The van der Waals surface area contributed by atoms with Crippen molar-refractivity contribution < 1.29 is 33.0 Å². The summed E-state index contributed by atoms with van der Waals surface area (Å²) in [6.45, 7) is 18.1. The fraction of sp³-hybridized carbons (Fsp3) is 0.143. The minimum absolute atomic E-state index is 0. The van der Waals surface area contributed by atoms with Crippen LogP contribution in [0.2, 0.25) is 0 Å². The van der Waals surface area contributed by atoms with Gasteiger partial charge < -0.3 is 19.4 Å². The van der Waals surface area contributed by atoms with Crippen molar-refractivity contribution in [2.45, 2.75) is 79.1 Å². The number of hydrogen-bond donors (Lipinski definition) is 0. The number of pyridine rings is 2. The summed E-state index contributed by atoms with van der Waals surface area (Å²) in [5, 5.41) is 4.58. The molecule has 0 atom stereocenters. The van der Waals surface area contributed by atoms with Crippen molar-refractivity contribution in [3.05, 3.63) is 314 Å². The van der Waals surface area contributed by atoms with E-state index in [0.717, 1.165) is 95.6 Å². The molecule has 0 unspecified atom stereocenters. The van der Waals surface area contributed by atoms with Gasteiger partial charge in [-0.15, -0.1) is 59.7 Å². The Labute approximate surface area is 668 Å². The molecular formula is C84H74Cl4K2N8Pt2. The third-order valence-corrected chi connectivity index (χ3v) is 17.1. The Bertz CT molecular complexity index is 4650. The minimum atomic E-state index is -3.06. The molecule has 14 aromatic rings. The van der Waals surface area contributed by atoms with Gasteiger partial charge in [0, 0.05) is 82.1 Å². The van der Waals surface area contributed by atoms with Crippen LogP contribution in [0.15, 0.2) is 280 Å². The van der Waals surface area contributed by atoms with Gasteiger partial charge in [-0.05, 0) is 140 Å². The summed E-state index contributed by atoms with van der Waals surface area (Å²) in [5.41, 5.74) is 19.6. The van der Waals surface area contributed by atoms with E-state index in [1.165, 1.54) is 102 Å². The first-order chi connectivity index (χ1) is 48.0. The van der Waals surface area contributed by atoms with Crippen molar-refractivity contribution in [2.75, 3.05) is 9.80 Å². The summed E-state index contributed by atoms with van der Waals surface area (Å²) in [6, 6.07) is 92.6. The molecule has 0 aliphatic carbocycles. The van der Waals surface area contributed by atoms with Gasteiger partial charge in [-0.1, -0.05) is 201 Å². The topological polar surface area (TPSA) is 67.9 Å². The van der Waals surface area contributed by atoms with Gasteiger partial charge in [0.15, 0.2) is 0 Å². The molecule has 16 heteroatoms. The smallest absolute Gasteiger partial charge is 2.00 e. The van der Waals surface area contributed by atoms with Crippen molar-refractivity contribution in [1.29, 1.82) is 0 Å². The predicted octanol–water partition coefficient (Wildman–Crippen LogP) is 24.5. The van der Waals surface area contributed by atoms with E-state index in [-0.39, 0.29) is 21.1 Å². The Hall–Kier alpha value is -5.15. The van der Waals surface area contributed by atoms with Crippen LogP contribution in [0.25, 0.3) is 78.2 Å². The van der Waals surface area contributed by atoms with Gasteiger partial charge in [0.2, 0.25) is 0 Å². The van der Waals surface area contributed by atoms with E-state index in [9.17, 15) is 0 Å². The van der Waals surface area contributed by atoms with E-state index in [2.05, 4.69) is 329 Å². The van der Waals surface area contributed by atoms with Crippen LogP contribution >= 0.6 is 37.7 Å². The zero-order valence-electron chi connectivity index (χ0n) is 57.6. The van der Waals surface area contributed by atoms with Crippen molar-refractivity contribution in [3.63, 3.8) is 0 Å². The molecule has 0 saturated carbocycles. The van der Waals surface area contributed by atoms with E-state index in [1.54, 1.807) is 0 Å². The zero-order valence-corrected chi connectivity index (χ0v) is 71.4. The number of para-hydroxylation sites is 4. The summed E-state index contributed by atoms with van der Waals surface area (Å²) in [4.78, 5) is 23.9. The summed E-state index contributed by atoms with van der Waals surface area (Å²) in [6.07, 6.45) is 11.7. The van der Waals surface area contributed by atoms with Crippen LogP contribution in [0.1, 0.15) is 101 Å². The standard InChI is InChI=1S/C42H38N4.C42H36N4.4ClH.2K.2Pt/c2*1-29(2)37-21-12-22-38(30(3)4)41(37)45-26-25-44-42(45)33-15-11-19-36(28-33)46(34-16-6-5-7-17-34)35-18-10-14-32(27-35)40-39-20-9-8-13-31(39)23-24-43-40;;;;;;;;/h5-30H,1-4H3;5-26,29-30H,1-4H3;4*1H;;;;/q;-2;;;;;;;+2;+4/p-4. The number of fused-ring (bicyclic) bond motifs is 2. The van der Waals surface area contributed by atoms with Crippen LogP contribution in [-0.4, -0.2) is 92.2 Å². The normalized spacial score (nSPS) is 11.4. The number of anilines is 6. The Balaban J connectivity index is 0.000000196. The molecule has 0 spiro atoms. The molecule has 0 aliphatic rings. The second-order valence-electron chi connectivity index (χ2n) is 24.8. The SMILES string of the molecule is CC(C)c1cccc(C(C)C)c1-n1ccnc1-c1[c-]c(N(c2[c-]c(-c3nccc4ccccc34)ccc2)c2ccccc2)ccc1.CC(C)c1cccc(C(C)C)c1-n1ccnc1-c1cccc(N(c2ccccc2)c2cccc(-c3nccc4ccccc34)c2)c1.[Cl][Pt]([Cl])([Cl])[Cl].[K][K].[Pt+2]. The van der Waals surface area contributed by atoms with Gasteiger partial charge in [0.1, 0.15) is 5.82 Å². The summed E-state index contributed by atoms with van der Waals surface area (Å²) < 4.78 is 4.52. The number of benzene rings is 10. The maximum Gasteiger partial charge on any atom is 2.00 e. The van der Waals surface area contributed by atoms with Crippen LogP contribution in [0.3, 0.4) is 0 Å². The fourth-order valence-corrected chi connectivity index (χ4v) is 12.7. The van der Waals surface area contributed by atoms with Crippen LogP contribution in [0.5, 0.6) is 0 Å². The van der Waals surface area contributed by atoms with E-state index in [0.29, 0.717) is 23.7 Å². The molecule has 100 heavy (non-hydrogen) atoms. The molecular weight excluding hydrogens is 1730 g/mol. The Morgan fingerprint density at radius 2 is 0.730 bits per heavy atom. The van der Waals surface area contributed by atoms with Gasteiger partial charge in [-0.25, -0.2) is 4.98 Å². The molecule has 0 N–H and O–H groups in total. The monoisotopic (exact) mass is 1800 g/mol. The van der Waals surface area contributed by atoms with Crippen molar-refractivity contribution in [2.24, 2.45) is 0 Å². The van der Waals surface area contributed by atoms with Crippen LogP contribution in [-0.2, 0) is 33.0 Å². The Kier molecular flexibility index (Phi) is 28.3. The molecule has 8 nitrogen and oxygen atoms in total. The Morgan fingerprint density at radius 1 is 0.360 bits per heavy atom. The minimum Gasteiger partial charge on any atom is 2.00 e. The molecule has 500 valence electrons. The van der Waals surface area contributed by atoms with Crippen molar-refractivity contribution >= 4 is 156 Å². The average molecular weight is 1810 g/mol. The van der Waals surface area contributed by atoms with Gasteiger partial charge in [0.25, 0.3) is 0 Å². The van der Waals surface area contributed by atoms with Crippen LogP contribution in [0, 0.1) is 12.1 Å². The van der Waals surface area contributed by atoms with Crippen molar-refractivity contribution in [3.8, 4) is 56.7 Å². The number of aromatic nitrogens is 6. The first-order valence-corrected chi connectivity index (χ1v) is 60.7. The molecule has 14 rings (SSSR count). The molecule has 4 heterocycles. The molecule has 0 amide bonds. The number of halogens is 4. The van der Waals surface area contributed by atoms with Crippen molar-refractivity contribution in [1.82, 2.24) is 29.1 Å². The Morgan fingerprint density at radius 3 is 1.23 bits per heavy atom. The first-order valence-electron chi connectivity index (χ1n) is 33.4. The zero-order chi connectivity index (χ0) is 69.7. The van der Waals surface area contributed by atoms with Gasteiger partial charge in [-0.2, -0.15) is 0 Å². The van der Waals surface area contributed by atoms with E-state index in [4.69, 9.17) is 57.6 Å². The number of nitrogens with zero attached hydrogens (tertiary/aromatic N) is 8. The van der Waals surface area contributed by atoms with Crippen LogP contribution < -0.4 is 9.80 Å². The fourth-order valence-electron chi connectivity index (χ4n) is 12.7. The van der Waals surface area contributed by atoms with Crippen LogP contribution in [0.4, 0.5) is 34.1 Å². The van der Waals surface area contributed by atoms with E-state index in [1.807, 2.05) is 36.9 Å². The van der Waals surface area contributed by atoms with Gasteiger partial charge >= 0.3 is 134 Å². The molecule has 4 aromatic heterocycles. The maximum atomic E-state index is 5.01. The van der Waals surface area contributed by atoms with E-state index < -0.39 is 11.9 Å².